The van der Waals surface area contributed by atoms with Crippen LogP contribution in [0, 0.1) is 0 Å². The highest BCUT2D eigenvalue weighted by Crippen LogP contribution is 2.31. The van der Waals surface area contributed by atoms with Crippen LogP contribution in [0.2, 0.25) is 0 Å². The third-order valence-corrected chi connectivity index (χ3v) is 5.81. The lowest BCUT2D eigenvalue weighted by Gasteiger charge is -2.12. The van der Waals surface area contributed by atoms with Gasteiger partial charge in [-0.3, -0.25) is 9.36 Å². The van der Waals surface area contributed by atoms with Gasteiger partial charge in [0.05, 0.1) is 17.4 Å². The van der Waals surface area contributed by atoms with E-state index in [-0.39, 0.29) is 12.1 Å². The van der Waals surface area contributed by atoms with Gasteiger partial charge in [-0.1, -0.05) is 60.7 Å². The van der Waals surface area contributed by atoms with Gasteiger partial charge in [0.2, 0.25) is 0 Å². The smallest absolute Gasteiger partial charge is 0.330 e. The maximum atomic E-state index is 13.5. The van der Waals surface area contributed by atoms with Crippen molar-refractivity contribution in [1.82, 2.24) is 14.1 Å². The van der Waals surface area contributed by atoms with Gasteiger partial charge in [0.25, 0.3) is 5.56 Å². The summed E-state index contributed by atoms with van der Waals surface area (Å²) in [6, 6.07) is 22.5. The quantitative estimate of drug-likeness (QED) is 0.349. The number of nitrogens with zero attached hydrogens (tertiary/aromatic N) is 3. The first kappa shape index (κ1) is 21.0. The molecule has 0 unspecified atom stereocenters. The molecular weight excluding hydrogens is 427 g/mol. The van der Waals surface area contributed by atoms with E-state index in [0.717, 1.165) is 28.6 Å². The van der Waals surface area contributed by atoms with Crippen LogP contribution in [0.15, 0.2) is 90.0 Å². The van der Waals surface area contributed by atoms with E-state index < -0.39 is 11.7 Å². The van der Waals surface area contributed by atoms with Crippen molar-refractivity contribution in [1.29, 1.82) is 0 Å². The SMILES string of the molecule is O=c1c2c(ncn1CCc1ccccc1)c1ccccc1n2Cc1cccc(C(F)(F)F)c1. The van der Waals surface area contributed by atoms with Crippen LogP contribution in [-0.4, -0.2) is 14.1 Å². The van der Waals surface area contributed by atoms with Crippen molar-refractivity contribution in [2.45, 2.75) is 25.7 Å². The topological polar surface area (TPSA) is 39.8 Å². The Bertz CT molecular complexity index is 1500. The third kappa shape index (κ3) is 4.02. The minimum Gasteiger partial charge on any atom is -0.330 e. The molecule has 7 heteroatoms. The van der Waals surface area contributed by atoms with Gasteiger partial charge in [-0.05, 0) is 35.7 Å². The number of aromatic nitrogens is 3. The molecule has 2 aromatic heterocycles. The van der Waals surface area contributed by atoms with Gasteiger partial charge in [-0.25, -0.2) is 4.98 Å². The third-order valence-electron chi connectivity index (χ3n) is 5.81. The van der Waals surface area contributed by atoms with E-state index in [9.17, 15) is 18.0 Å². The average Bonchev–Trinajstić information content (AvgIpc) is 3.13. The number of fused-ring (bicyclic) bond motifs is 3. The minimum atomic E-state index is -4.43. The summed E-state index contributed by atoms with van der Waals surface area (Å²) in [4.78, 5) is 18.0. The van der Waals surface area contributed by atoms with Crippen molar-refractivity contribution in [3.8, 4) is 0 Å². The standard InChI is InChI=1S/C26H20F3N3O/c27-26(28,29)20-10-6-9-19(15-20)16-32-22-12-5-4-11-21(22)23-24(32)25(33)31(17-30-23)14-13-18-7-2-1-3-8-18/h1-12,15,17H,13-14,16H2. The molecule has 0 atom stereocenters. The maximum absolute atomic E-state index is 13.5. The lowest BCUT2D eigenvalue weighted by Crippen LogP contribution is -2.23. The van der Waals surface area contributed by atoms with Crippen LogP contribution >= 0.6 is 0 Å². The van der Waals surface area contributed by atoms with Crippen molar-refractivity contribution in [2.75, 3.05) is 0 Å². The summed E-state index contributed by atoms with van der Waals surface area (Å²) in [6.45, 7) is 0.588. The van der Waals surface area contributed by atoms with Crippen LogP contribution in [0.4, 0.5) is 13.2 Å². The normalized spacial score (nSPS) is 12.0. The van der Waals surface area contributed by atoms with Crippen LogP contribution in [0.5, 0.6) is 0 Å². The van der Waals surface area contributed by atoms with Crippen LogP contribution in [0.25, 0.3) is 21.9 Å². The van der Waals surface area contributed by atoms with Gasteiger partial charge in [0, 0.05) is 18.5 Å². The first-order valence-corrected chi connectivity index (χ1v) is 10.6. The summed E-state index contributed by atoms with van der Waals surface area (Å²) < 4.78 is 43.0. The molecule has 0 radical (unpaired) electrons. The fourth-order valence-corrected chi connectivity index (χ4v) is 4.19. The second-order valence-corrected chi connectivity index (χ2v) is 7.98. The van der Waals surface area contributed by atoms with Crippen molar-refractivity contribution in [3.05, 3.63) is 112 Å². The van der Waals surface area contributed by atoms with E-state index in [0.29, 0.717) is 29.6 Å². The van der Waals surface area contributed by atoms with E-state index >= 15 is 0 Å². The molecule has 0 amide bonds. The molecule has 33 heavy (non-hydrogen) atoms. The Morgan fingerprint density at radius 3 is 2.36 bits per heavy atom. The number of rotatable bonds is 5. The highest BCUT2D eigenvalue weighted by Gasteiger charge is 2.30. The van der Waals surface area contributed by atoms with E-state index in [1.165, 1.54) is 6.07 Å². The van der Waals surface area contributed by atoms with Crippen LogP contribution in [-0.2, 0) is 25.7 Å². The fraction of sp³-hybridized carbons (Fsp3) is 0.154. The lowest BCUT2D eigenvalue weighted by atomic mass is 10.1. The molecule has 0 saturated carbocycles. The summed E-state index contributed by atoms with van der Waals surface area (Å²) in [7, 11) is 0. The lowest BCUT2D eigenvalue weighted by molar-refractivity contribution is -0.137. The summed E-state index contributed by atoms with van der Waals surface area (Å²) in [5.74, 6) is 0. The second kappa shape index (κ2) is 8.24. The molecule has 4 nitrogen and oxygen atoms in total. The Morgan fingerprint density at radius 1 is 0.848 bits per heavy atom. The van der Waals surface area contributed by atoms with Crippen LogP contribution in [0.1, 0.15) is 16.7 Å². The van der Waals surface area contributed by atoms with Gasteiger partial charge >= 0.3 is 6.18 Å². The van der Waals surface area contributed by atoms with Crippen LogP contribution < -0.4 is 5.56 Å². The summed E-state index contributed by atoms with van der Waals surface area (Å²) >= 11 is 0. The van der Waals surface area contributed by atoms with E-state index in [4.69, 9.17) is 0 Å². The average molecular weight is 447 g/mol. The molecule has 0 aliphatic carbocycles. The molecule has 0 fully saturated rings. The molecule has 3 aromatic carbocycles. The monoisotopic (exact) mass is 447 g/mol. The number of halogens is 3. The predicted octanol–water partition coefficient (Wildman–Crippen LogP) is 5.66. The maximum Gasteiger partial charge on any atom is 0.416 e. The number of para-hydroxylation sites is 1. The summed E-state index contributed by atoms with van der Waals surface area (Å²) in [5, 5.41) is 0.798. The van der Waals surface area contributed by atoms with Crippen molar-refractivity contribution < 1.29 is 13.2 Å². The molecule has 0 aliphatic heterocycles. The summed E-state index contributed by atoms with van der Waals surface area (Å²) in [5.41, 5.74) is 2.36. The van der Waals surface area contributed by atoms with Gasteiger partial charge < -0.3 is 4.57 Å². The van der Waals surface area contributed by atoms with E-state index in [1.54, 1.807) is 21.5 Å². The first-order chi connectivity index (χ1) is 15.9. The molecule has 0 saturated heterocycles. The van der Waals surface area contributed by atoms with Crippen molar-refractivity contribution in [3.63, 3.8) is 0 Å². The Balaban J connectivity index is 1.61. The fourth-order valence-electron chi connectivity index (χ4n) is 4.19. The number of benzene rings is 3. The van der Waals surface area contributed by atoms with Crippen molar-refractivity contribution >= 4 is 21.9 Å². The summed E-state index contributed by atoms with van der Waals surface area (Å²) in [6.07, 6.45) is -2.21. The highest BCUT2D eigenvalue weighted by atomic mass is 19.4. The van der Waals surface area contributed by atoms with Gasteiger partial charge in [0.1, 0.15) is 11.0 Å². The molecular formula is C26H20F3N3O. The largest absolute Gasteiger partial charge is 0.416 e. The second-order valence-electron chi connectivity index (χ2n) is 7.98. The molecule has 0 bridgehead atoms. The molecule has 0 aliphatic rings. The zero-order valence-electron chi connectivity index (χ0n) is 17.6. The molecule has 5 rings (SSSR count). The molecule has 0 N–H and O–H groups in total. The minimum absolute atomic E-state index is 0.132. The number of aryl methyl sites for hydroxylation is 2. The van der Waals surface area contributed by atoms with E-state index in [1.807, 2.05) is 54.6 Å². The first-order valence-electron chi connectivity index (χ1n) is 10.6. The van der Waals surface area contributed by atoms with Crippen LogP contribution in [0.3, 0.4) is 0 Å². The predicted molar refractivity (Wildman–Crippen MR) is 122 cm³/mol. The highest BCUT2D eigenvalue weighted by molar-refractivity contribution is 6.05. The Labute approximate surface area is 187 Å². The Hall–Kier alpha value is -3.87. The Morgan fingerprint density at radius 2 is 1.58 bits per heavy atom. The molecule has 5 aromatic rings. The molecule has 166 valence electrons. The zero-order chi connectivity index (χ0) is 23.0. The zero-order valence-corrected chi connectivity index (χ0v) is 17.6. The van der Waals surface area contributed by atoms with Gasteiger partial charge in [0.15, 0.2) is 0 Å². The number of hydrogen-bond donors (Lipinski definition) is 0. The van der Waals surface area contributed by atoms with Gasteiger partial charge in [-0.2, -0.15) is 13.2 Å². The van der Waals surface area contributed by atoms with Crippen molar-refractivity contribution in [2.24, 2.45) is 0 Å². The molecule has 0 spiro atoms. The Kier molecular flexibility index (Phi) is 5.24. The molecule has 2 heterocycles. The number of alkyl halides is 3. The van der Waals surface area contributed by atoms with E-state index in [2.05, 4.69) is 4.98 Å². The van der Waals surface area contributed by atoms with Gasteiger partial charge in [-0.15, -0.1) is 0 Å². The number of hydrogen-bond acceptors (Lipinski definition) is 2.